The molecule has 0 atom stereocenters. The molecule has 5 heteroatoms. The summed E-state index contributed by atoms with van der Waals surface area (Å²) in [5.41, 5.74) is -1.17. The topological polar surface area (TPSA) is 68.3 Å². The molecular formula is C23H11IO4. The normalized spacial score (nSPS) is 11.7. The third-order valence-electron chi connectivity index (χ3n) is 5.18. The molecular weight excluding hydrogens is 467 g/mol. The number of hydrogen-bond donors (Lipinski definition) is 0. The summed E-state index contributed by atoms with van der Waals surface area (Å²) in [6.07, 6.45) is 0. The molecule has 0 fully saturated rings. The molecule has 0 N–H and O–H groups in total. The Kier molecular flexibility index (Phi) is 3.64. The molecule has 0 aliphatic carbocycles. The lowest BCUT2D eigenvalue weighted by molar-refractivity contribution is 1.62. The van der Waals surface area contributed by atoms with Crippen LogP contribution in [0.5, 0.6) is 0 Å². The molecule has 0 saturated carbocycles. The molecule has 4 nitrogen and oxygen atoms in total. The van der Waals surface area contributed by atoms with Crippen molar-refractivity contribution in [2.45, 2.75) is 0 Å². The van der Waals surface area contributed by atoms with E-state index in [1.807, 2.05) is 0 Å². The molecule has 0 saturated heterocycles. The van der Waals surface area contributed by atoms with E-state index in [1.54, 1.807) is 48.5 Å². The van der Waals surface area contributed by atoms with Gasteiger partial charge in [0.15, 0.2) is 21.7 Å². The molecule has 0 bridgehead atoms. The highest BCUT2D eigenvalue weighted by molar-refractivity contribution is 14.2. The predicted octanol–water partition coefficient (Wildman–Crippen LogP) is 3.19. The van der Waals surface area contributed by atoms with Crippen LogP contribution in [-0.4, -0.2) is 4.51 Å². The van der Waals surface area contributed by atoms with E-state index in [2.05, 4.69) is 4.51 Å². The third kappa shape index (κ3) is 2.08. The molecule has 0 spiro atoms. The first-order valence-electron chi connectivity index (χ1n) is 8.50. The van der Waals surface area contributed by atoms with Crippen molar-refractivity contribution in [1.29, 1.82) is 0 Å². The fourth-order valence-corrected chi connectivity index (χ4v) is 5.74. The van der Waals surface area contributed by atoms with Gasteiger partial charge in [0.05, 0.1) is 0 Å². The van der Waals surface area contributed by atoms with Crippen LogP contribution in [0.1, 0.15) is 0 Å². The van der Waals surface area contributed by atoms with Crippen molar-refractivity contribution in [2.24, 2.45) is 0 Å². The molecule has 0 amide bonds. The van der Waals surface area contributed by atoms with Crippen molar-refractivity contribution >= 4 is 68.3 Å². The van der Waals surface area contributed by atoms with Gasteiger partial charge in [-0.25, -0.2) is 0 Å². The zero-order valence-electron chi connectivity index (χ0n) is 14.4. The smallest absolute Gasteiger partial charge is 0.195 e. The highest BCUT2D eigenvalue weighted by Crippen LogP contribution is 2.28. The van der Waals surface area contributed by atoms with Crippen LogP contribution in [0.4, 0.5) is 0 Å². The average Bonchev–Trinajstić information content (AvgIpc) is 2.74. The van der Waals surface area contributed by atoms with E-state index in [1.165, 1.54) is 6.07 Å². The first-order chi connectivity index (χ1) is 13.5. The van der Waals surface area contributed by atoms with Gasteiger partial charge in [0, 0.05) is 46.7 Å². The Labute approximate surface area is 167 Å². The monoisotopic (exact) mass is 478 g/mol. The molecule has 0 radical (unpaired) electrons. The predicted molar refractivity (Wildman–Crippen MR) is 124 cm³/mol. The van der Waals surface area contributed by atoms with Crippen molar-refractivity contribution in [3.63, 3.8) is 0 Å². The van der Waals surface area contributed by atoms with E-state index >= 15 is 0 Å². The van der Waals surface area contributed by atoms with E-state index < -0.39 is 20.7 Å². The van der Waals surface area contributed by atoms with Crippen LogP contribution in [0.15, 0.2) is 73.8 Å². The molecule has 0 heterocycles. The van der Waals surface area contributed by atoms with Gasteiger partial charge in [-0.15, -0.1) is 0 Å². The number of fused-ring (bicyclic) bond motifs is 4. The Hall–Kier alpha value is -3.06. The minimum Gasteiger partial charge on any atom is -0.289 e. The quantitative estimate of drug-likeness (QED) is 0.274. The fraction of sp³-hybridized carbons (Fsp3) is 0. The minimum absolute atomic E-state index is 0.196. The van der Waals surface area contributed by atoms with Crippen LogP contribution in [0.25, 0.3) is 43.1 Å². The van der Waals surface area contributed by atoms with Gasteiger partial charge in [0.1, 0.15) is 0 Å². The molecule has 28 heavy (non-hydrogen) atoms. The molecule has 0 aliphatic heterocycles. The Balaban J connectivity index is 2.25. The Bertz CT molecular complexity index is 1590. The summed E-state index contributed by atoms with van der Waals surface area (Å²) >= 11 is -0.995. The van der Waals surface area contributed by atoms with E-state index in [9.17, 15) is 19.2 Å². The molecule has 5 aromatic carbocycles. The summed E-state index contributed by atoms with van der Waals surface area (Å²) in [6.45, 7) is 0. The summed E-state index contributed by atoms with van der Waals surface area (Å²) in [6, 6.07) is 14.7. The first kappa shape index (κ1) is 17.1. The summed E-state index contributed by atoms with van der Waals surface area (Å²) in [4.78, 5) is 52.6. The van der Waals surface area contributed by atoms with Crippen LogP contribution in [0.3, 0.4) is 0 Å². The largest absolute Gasteiger partial charge is 0.289 e. The second-order valence-corrected chi connectivity index (χ2v) is 8.42. The SMILES string of the molecule is C=Ic1c2c(=O)c3ccccc3c(=O)c2cc2c(=O)c3ccccc3c(=O)c12. The van der Waals surface area contributed by atoms with Crippen LogP contribution in [0, 0.1) is 3.57 Å². The Morgan fingerprint density at radius 3 is 1.25 bits per heavy atom. The summed E-state index contributed by atoms with van der Waals surface area (Å²) < 4.78 is 4.46. The lowest BCUT2D eigenvalue weighted by Gasteiger charge is -2.08. The molecule has 5 rings (SSSR count). The maximum atomic E-state index is 13.2. The van der Waals surface area contributed by atoms with E-state index in [0.717, 1.165) is 0 Å². The van der Waals surface area contributed by atoms with Gasteiger partial charge in [-0.1, -0.05) is 73.8 Å². The zero-order valence-corrected chi connectivity index (χ0v) is 16.6. The van der Waals surface area contributed by atoms with Crippen LogP contribution < -0.4 is 21.7 Å². The minimum atomic E-state index is -0.995. The van der Waals surface area contributed by atoms with Gasteiger partial charge in [-0.05, 0) is 6.07 Å². The summed E-state index contributed by atoms with van der Waals surface area (Å²) in [7, 11) is 0. The van der Waals surface area contributed by atoms with E-state index in [0.29, 0.717) is 25.1 Å². The van der Waals surface area contributed by atoms with Gasteiger partial charge < -0.3 is 0 Å². The highest BCUT2D eigenvalue weighted by atomic mass is 127. The van der Waals surface area contributed by atoms with Gasteiger partial charge >= 0.3 is 0 Å². The number of benzene rings is 5. The summed E-state index contributed by atoms with van der Waals surface area (Å²) in [5.74, 6) is 0. The second kappa shape index (κ2) is 5.97. The van der Waals surface area contributed by atoms with Crippen LogP contribution in [-0.2, 0) is 0 Å². The lowest BCUT2D eigenvalue weighted by atomic mass is 9.96. The lowest BCUT2D eigenvalue weighted by Crippen LogP contribution is -2.19. The maximum absolute atomic E-state index is 13.2. The van der Waals surface area contributed by atoms with Gasteiger partial charge in [0.2, 0.25) is 0 Å². The Morgan fingerprint density at radius 1 is 0.536 bits per heavy atom. The van der Waals surface area contributed by atoms with Gasteiger partial charge in [0.25, 0.3) is 0 Å². The van der Waals surface area contributed by atoms with Gasteiger partial charge in [-0.3, -0.25) is 19.2 Å². The molecule has 0 aromatic heterocycles. The standard InChI is InChI=1S/C23H11IO4/c1-24-19-17-15(20(25)11-6-2-4-8-13(11)22(17)27)10-16-18(19)23(28)14-9-5-3-7-12(14)21(16)26/h2-10H,1H2. The van der Waals surface area contributed by atoms with E-state index in [4.69, 9.17) is 0 Å². The van der Waals surface area contributed by atoms with Crippen molar-refractivity contribution in [3.05, 3.63) is 99.1 Å². The third-order valence-corrected chi connectivity index (χ3v) is 7.02. The second-order valence-electron chi connectivity index (χ2n) is 6.58. The average molecular weight is 478 g/mol. The van der Waals surface area contributed by atoms with E-state index in [-0.39, 0.29) is 43.3 Å². The molecule has 0 aliphatic rings. The van der Waals surface area contributed by atoms with Crippen molar-refractivity contribution in [1.82, 2.24) is 0 Å². The molecule has 134 valence electrons. The van der Waals surface area contributed by atoms with Crippen molar-refractivity contribution in [3.8, 4) is 0 Å². The first-order valence-corrected chi connectivity index (χ1v) is 11.1. The molecule has 5 aromatic rings. The fourth-order valence-electron chi connectivity index (χ4n) is 3.90. The van der Waals surface area contributed by atoms with Crippen molar-refractivity contribution in [2.75, 3.05) is 0 Å². The number of hydrogen-bond acceptors (Lipinski definition) is 4. The van der Waals surface area contributed by atoms with Gasteiger partial charge in [-0.2, -0.15) is 0 Å². The van der Waals surface area contributed by atoms with Crippen molar-refractivity contribution < 1.29 is 0 Å². The van der Waals surface area contributed by atoms with Crippen LogP contribution in [0.2, 0.25) is 0 Å². The Morgan fingerprint density at radius 2 is 0.893 bits per heavy atom. The summed E-state index contributed by atoms with van der Waals surface area (Å²) in [5, 5.41) is 2.17. The number of rotatable bonds is 1. The maximum Gasteiger partial charge on any atom is 0.195 e. The highest BCUT2D eigenvalue weighted by Gasteiger charge is 2.20. The zero-order chi connectivity index (χ0) is 19.6. The molecule has 0 unspecified atom stereocenters. The van der Waals surface area contributed by atoms with Crippen LogP contribution >= 0.6 is 20.7 Å². The number of halogens is 1.